The number of rotatable bonds is 3. The summed E-state index contributed by atoms with van der Waals surface area (Å²) in [7, 11) is 0. The molecule has 0 fully saturated rings. The van der Waals surface area contributed by atoms with Crippen molar-refractivity contribution in [3.05, 3.63) is 43.6 Å². The number of nitro groups is 1. The predicted molar refractivity (Wildman–Crippen MR) is 77.5 cm³/mol. The first-order chi connectivity index (χ1) is 8.97. The lowest BCUT2D eigenvalue weighted by Crippen LogP contribution is -2.11. The van der Waals surface area contributed by atoms with Gasteiger partial charge in [0.2, 0.25) is 0 Å². The van der Waals surface area contributed by atoms with E-state index in [9.17, 15) is 20.0 Å². The molecule has 9 heteroatoms. The molecule has 0 aliphatic heterocycles. The molecule has 2 rings (SSSR count). The Balaban J connectivity index is 2.18. The van der Waals surface area contributed by atoms with Crippen LogP contribution in [-0.4, -0.2) is 20.9 Å². The Labute approximate surface area is 124 Å². The van der Waals surface area contributed by atoms with Crippen molar-refractivity contribution in [3.63, 3.8) is 0 Å². The number of phenols is 1. The molecule has 7 nitrogen and oxygen atoms in total. The summed E-state index contributed by atoms with van der Waals surface area (Å²) in [6.07, 6.45) is 1.06. The normalized spacial score (nSPS) is 10.2. The van der Waals surface area contributed by atoms with Crippen molar-refractivity contribution in [1.29, 1.82) is 0 Å². The third-order valence-corrected chi connectivity index (χ3v) is 3.63. The summed E-state index contributed by atoms with van der Waals surface area (Å²) < 4.78 is 0.788. The van der Waals surface area contributed by atoms with Gasteiger partial charge in [-0.25, -0.2) is 4.98 Å². The lowest BCUT2D eigenvalue weighted by molar-refractivity contribution is -0.380. The quantitative estimate of drug-likeness (QED) is 0.476. The van der Waals surface area contributed by atoms with Crippen LogP contribution in [0.15, 0.2) is 24.4 Å². The van der Waals surface area contributed by atoms with Crippen LogP contribution in [0.25, 0.3) is 0 Å². The van der Waals surface area contributed by atoms with Crippen molar-refractivity contribution in [3.8, 4) is 5.75 Å². The Bertz CT molecular complexity index is 658. The summed E-state index contributed by atoms with van der Waals surface area (Å²) in [5.74, 6) is -0.728. The minimum atomic E-state index is -0.588. The van der Waals surface area contributed by atoms with Gasteiger partial charge in [-0.3, -0.25) is 20.2 Å². The number of halogens is 1. The molecule has 2 aromatic rings. The fraction of sp³-hybridized carbons (Fsp3) is 0. The summed E-state index contributed by atoms with van der Waals surface area (Å²) in [6, 6.07) is 4.58. The van der Waals surface area contributed by atoms with Gasteiger partial charge in [0.15, 0.2) is 5.13 Å². The minimum Gasteiger partial charge on any atom is -0.507 e. The molecule has 0 atom stereocenters. The average Bonchev–Trinajstić information content (AvgIpc) is 2.77. The highest BCUT2D eigenvalue weighted by Gasteiger charge is 2.16. The number of carbonyl (C=O) groups is 1. The maximum absolute atomic E-state index is 11.8. The molecule has 0 aliphatic rings. The Morgan fingerprint density at radius 1 is 1.53 bits per heavy atom. The molecule has 0 spiro atoms. The van der Waals surface area contributed by atoms with Crippen molar-refractivity contribution in [1.82, 2.24) is 4.98 Å². The number of aromatic nitrogens is 1. The van der Waals surface area contributed by atoms with E-state index in [1.165, 1.54) is 12.1 Å². The molecule has 0 radical (unpaired) electrons. The molecular formula is C10H6IN3O4S. The second kappa shape index (κ2) is 5.48. The lowest BCUT2D eigenvalue weighted by Gasteiger charge is -2.04. The van der Waals surface area contributed by atoms with E-state index in [0.717, 1.165) is 21.1 Å². The monoisotopic (exact) mass is 391 g/mol. The number of nitrogens with zero attached hydrogens (tertiary/aromatic N) is 2. The molecule has 1 aromatic carbocycles. The molecule has 0 aliphatic carbocycles. The van der Waals surface area contributed by atoms with E-state index in [0.29, 0.717) is 0 Å². The number of carbonyl (C=O) groups excluding carboxylic acids is 1. The van der Waals surface area contributed by atoms with Crippen LogP contribution in [0.5, 0.6) is 5.75 Å². The number of aromatic hydroxyl groups is 1. The van der Waals surface area contributed by atoms with Crippen molar-refractivity contribution in [2.24, 2.45) is 0 Å². The Kier molecular flexibility index (Phi) is 3.95. The summed E-state index contributed by atoms with van der Waals surface area (Å²) in [5.41, 5.74) is 0.0817. The summed E-state index contributed by atoms with van der Waals surface area (Å²) in [5, 5.41) is 22.5. The lowest BCUT2D eigenvalue weighted by atomic mass is 10.2. The van der Waals surface area contributed by atoms with Crippen LogP contribution in [0.1, 0.15) is 10.4 Å². The standard InChI is InChI=1S/C10H6IN3O4S/c11-5-1-2-6(7(15)3-5)9(16)13-10-12-4-8(19-10)14(17)18/h1-4,15H,(H,12,13,16). The van der Waals surface area contributed by atoms with Crippen LogP contribution in [0.2, 0.25) is 0 Å². The van der Waals surface area contributed by atoms with Crippen LogP contribution in [-0.2, 0) is 0 Å². The van der Waals surface area contributed by atoms with Crippen LogP contribution < -0.4 is 5.32 Å². The van der Waals surface area contributed by atoms with E-state index >= 15 is 0 Å². The van der Waals surface area contributed by atoms with Gasteiger partial charge in [0.25, 0.3) is 5.91 Å². The fourth-order valence-electron chi connectivity index (χ4n) is 1.27. The smallest absolute Gasteiger partial charge is 0.345 e. The number of amides is 1. The first-order valence-electron chi connectivity index (χ1n) is 4.87. The first kappa shape index (κ1) is 13.7. The van der Waals surface area contributed by atoms with E-state index in [2.05, 4.69) is 10.3 Å². The van der Waals surface area contributed by atoms with Crippen molar-refractivity contribution < 1.29 is 14.8 Å². The van der Waals surface area contributed by atoms with Gasteiger partial charge in [-0.15, -0.1) is 0 Å². The van der Waals surface area contributed by atoms with Gasteiger partial charge < -0.3 is 5.11 Å². The highest BCUT2D eigenvalue weighted by Crippen LogP contribution is 2.26. The number of benzene rings is 1. The van der Waals surface area contributed by atoms with Gasteiger partial charge in [-0.1, -0.05) is 0 Å². The third kappa shape index (κ3) is 3.17. The van der Waals surface area contributed by atoms with Crippen molar-refractivity contribution in [2.45, 2.75) is 0 Å². The first-order valence-corrected chi connectivity index (χ1v) is 6.77. The van der Waals surface area contributed by atoms with Gasteiger partial charge in [0.05, 0.1) is 10.5 Å². The summed E-state index contributed by atoms with van der Waals surface area (Å²) in [4.78, 5) is 25.5. The number of hydrogen-bond donors (Lipinski definition) is 2. The molecule has 0 unspecified atom stereocenters. The highest BCUT2D eigenvalue weighted by atomic mass is 127. The van der Waals surface area contributed by atoms with E-state index in [1.807, 2.05) is 22.6 Å². The maximum Gasteiger partial charge on any atom is 0.345 e. The van der Waals surface area contributed by atoms with Crippen molar-refractivity contribution in [2.75, 3.05) is 5.32 Å². The molecule has 98 valence electrons. The zero-order valence-corrected chi connectivity index (χ0v) is 12.1. The van der Waals surface area contributed by atoms with Crippen LogP contribution in [0.3, 0.4) is 0 Å². The van der Waals surface area contributed by atoms with Gasteiger partial charge >= 0.3 is 5.00 Å². The predicted octanol–water partition coefficient (Wildman–Crippen LogP) is 2.61. The molecule has 0 bridgehead atoms. The molecule has 0 saturated heterocycles. The molecule has 1 amide bonds. The SMILES string of the molecule is O=C(Nc1ncc([N+](=O)[O-])s1)c1ccc(I)cc1O. The van der Waals surface area contributed by atoms with Crippen LogP contribution in [0, 0.1) is 13.7 Å². The third-order valence-electron chi connectivity index (χ3n) is 2.10. The molecule has 1 heterocycles. The van der Waals surface area contributed by atoms with E-state index in [-0.39, 0.29) is 21.4 Å². The summed E-state index contributed by atoms with van der Waals surface area (Å²) in [6.45, 7) is 0. The number of phenolic OH excluding ortho intramolecular Hbond substituents is 1. The van der Waals surface area contributed by atoms with Crippen LogP contribution >= 0.6 is 33.9 Å². The van der Waals surface area contributed by atoms with Crippen LogP contribution in [0.4, 0.5) is 10.1 Å². The zero-order chi connectivity index (χ0) is 14.0. The zero-order valence-electron chi connectivity index (χ0n) is 9.16. The van der Waals surface area contributed by atoms with E-state index in [1.54, 1.807) is 6.07 Å². The Hall–Kier alpha value is -1.75. The summed E-state index contributed by atoms with van der Waals surface area (Å²) >= 11 is 2.75. The second-order valence-electron chi connectivity index (χ2n) is 3.38. The van der Waals surface area contributed by atoms with Gasteiger partial charge in [0, 0.05) is 3.57 Å². The largest absolute Gasteiger partial charge is 0.507 e. The molecule has 1 aromatic heterocycles. The average molecular weight is 391 g/mol. The molecule has 2 N–H and O–H groups in total. The topological polar surface area (TPSA) is 105 Å². The van der Waals surface area contributed by atoms with Gasteiger partial charge in [-0.2, -0.15) is 0 Å². The minimum absolute atomic E-state index is 0.0817. The number of thiazole rings is 1. The number of hydrogen-bond acceptors (Lipinski definition) is 6. The molecule has 0 saturated carbocycles. The number of anilines is 1. The van der Waals surface area contributed by atoms with Gasteiger partial charge in [-0.05, 0) is 52.1 Å². The molecule has 19 heavy (non-hydrogen) atoms. The highest BCUT2D eigenvalue weighted by molar-refractivity contribution is 14.1. The van der Waals surface area contributed by atoms with E-state index in [4.69, 9.17) is 0 Å². The van der Waals surface area contributed by atoms with Crippen molar-refractivity contribution >= 4 is 50.0 Å². The van der Waals surface area contributed by atoms with E-state index < -0.39 is 10.8 Å². The Morgan fingerprint density at radius 2 is 2.26 bits per heavy atom. The fourth-order valence-corrected chi connectivity index (χ4v) is 2.37. The Morgan fingerprint density at radius 3 is 2.84 bits per heavy atom. The molecular weight excluding hydrogens is 385 g/mol. The number of nitrogens with one attached hydrogen (secondary N) is 1. The maximum atomic E-state index is 11.8. The second-order valence-corrected chi connectivity index (χ2v) is 5.63. The van der Waals surface area contributed by atoms with Gasteiger partial charge in [0.1, 0.15) is 11.9 Å².